The normalized spacial score (nSPS) is 14.9. The van der Waals surface area contributed by atoms with Crippen LogP contribution < -0.4 is 0 Å². The molecule has 2 aliphatic rings. The quantitative estimate of drug-likeness (QED) is 0.0907. The molecule has 0 bridgehead atoms. The van der Waals surface area contributed by atoms with Crippen molar-refractivity contribution in [3.05, 3.63) is 151 Å². The summed E-state index contributed by atoms with van der Waals surface area (Å²) in [6, 6.07) is 37.8. The molecule has 0 heterocycles. The molecule has 0 fully saturated rings. The second kappa shape index (κ2) is 17.5. The molecule has 0 saturated carbocycles. The number of rotatable bonds is 16. The molecule has 2 aliphatic carbocycles. The summed E-state index contributed by atoms with van der Waals surface area (Å²) in [4.78, 5) is 0. The second-order valence-electron chi connectivity index (χ2n) is 17.9. The topological polar surface area (TPSA) is 36.9 Å². The monoisotopic (exact) mass is 906 g/mol. The second-order valence-corrected chi connectivity index (χ2v) is 19.8. The van der Waals surface area contributed by atoms with Crippen molar-refractivity contribution in [3.8, 4) is 22.3 Å². The highest BCUT2D eigenvalue weighted by Crippen LogP contribution is 2.62. The van der Waals surface area contributed by atoms with Crippen molar-refractivity contribution >= 4 is 31.9 Å². The summed E-state index contributed by atoms with van der Waals surface area (Å²) in [7, 11) is 0. The van der Waals surface area contributed by atoms with Gasteiger partial charge >= 0.3 is 0 Å². The van der Waals surface area contributed by atoms with E-state index in [1.165, 1.54) is 66.8 Å². The summed E-state index contributed by atoms with van der Waals surface area (Å²) < 4.78 is 26.1. The van der Waals surface area contributed by atoms with E-state index in [2.05, 4.69) is 170 Å². The molecule has 5 aromatic rings. The highest BCUT2D eigenvalue weighted by molar-refractivity contribution is 9.10. The van der Waals surface area contributed by atoms with Crippen molar-refractivity contribution in [2.75, 3.05) is 52.9 Å². The van der Waals surface area contributed by atoms with E-state index in [4.69, 9.17) is 18.9 Å². The van der Waals surface area contributed by atoms with Crippen molar-refractivity contribution in [2.45, 2.75) is 89.9 Å². The third-order valence-electron chi connectivity index (χ3n) is 12.4. The predicted octanol–water partition coefficient (Wildman–Crippen LogP) is 13.3. The molecule has 0 aliphatic heterocycles. The highest BCUT2D eigenvalue weighted by Gasteiger charge is 2.50. The van der Waals surface area contributed by atoms with Gasteiger partial charge in [0.2, 0.25) is 0 Å². The molecule has 0 amide bonds. The standard InChI is InChI=1S/C52H60Br2O4/c1-9-55-27-29-57-25-23-51(24-26-58-30-28-56-10-2)45-31-39(53)19-21-41(45)43-34-48-44(33-46(43)51)42-22-20-40(54)32-47(42)52(48,37-15-11-35(12-16-37)49(3,4)5)38-17-13-36(14-18-38)50(6,7)8/h11-22,31-34H,9-10,23-30H2,1-8H3. The van der Waals surface area contributed by atoms with Gasteiger partial charge in [-0.3, -0.25) is 0 Å². The van der Waals surface area contributed by atoms with E-state index in [1.54, 1.807) is 0 Å². The Morgan fingerprint density at radius 1 is 0.431 bits per heavy atom. The summed E-state index contributed by atoms with van der Waals surface area (Å²) in [6.45, 7) is 22.7. The van der Waals surface area contributed by atoms with E-state index < -0.39 is 5.41 Å². The lowest BCUT2D eigenvalue weighted by atomic mass is 9.66. The molecule has 7 rings (SSSR count). The highest BCUT2D eigenvalue weighted by atomic mass is 79.9. The minimum atomic E-state index is -0.554. The molecule has 58 heavy (non-hydrogen) atoms. The maximum Gasteiger partial charge on any atom is 0.0714 e. The van der Waals surface area contributed by atoms with Crippen molar-refractivity contribution in [2.24, 2.45) is 0 Å². The zero-order valence-electron chi connectivity index (χ0n) is 35.7. The lowest BCUT2D eigenvalue weighted by Crippen LogP contribution is -2.30. The van der Waals surface area contributed by atoms with Gasteiger partial charge in [0.05, 0.1) is 31.8 Å². The van der Waals surface area contributed by atoms with Gasteiger partial charge in [-0.15, -0.1) is 0 Å². The van der Waals surface area contributed by atoms with Crippen molar-refractivity contribution in [3.63, 3.8) is 0 Å². The van der Waals surface area contributed by atoms with Crippen molar-refractivity contribution in [1.29, 1.82) is 0 Å². The van der Waals surface area contributed by atoms with E-state index in [0.717, 1.165) is 21.8 Å². The molecule has 0 spiro atoms. The number of benzene rings is 5. The van der Waals surface area contributed by atoms with E-state index >= 15 is 0 Å². The number of fused-ring (bicyclic) bond motifs is 6. The minimum Gasteiger partial charge on any atom is -0.379 e. The molecule has 4 nitrogen and oxygen atoms in total. The lowest BCUT2D eigenvalue weighted by molar-refractivity contribution is 0.0356. The number of halogens is 2. The first kappa shape index (κ1) is 43.0. The van der Waals surface area contributed by atoms with Crippen molar-refractivity contribution in [1.82, 2.24) is 0 Å². The fourth-order valence-electron chi connectivity index (χ4n) is 9.36. The Labute approximate surface area is 364 Å². The molecule has 306 valence electrons. The van der Waals surface area contributed by atoms with Gasteiger partial charge in [0.15, 0.2) is 0 Å². The smallest absolute Gasteiger partial charge is 0.0714 e. The van der Waals surface area contributed by atoms with Gasteiger partial charge in [-0.1, -0.05) is 134 Å². The summed E-state index contributed by atoms with van der Waals surface area (Å²) >= 11 is 7.82. The van der Waals surface area contributed by atoms with Crippen LogP contribution in [0.2, 0.25) is 0 Å². The van der Waals surface area contributed by atoms with E-state index in [9.17, 15) is 0 Å². The maximum atomic E-state index is 6.32. The molecule has 5 aromatic carbocycles. The molecule has 0 N–H and O–H groups in total. The van der Waals surface area contributed by atoms with Crippen LogP contribution >= 0.6 is 31.9 Å². The van der Waals surface area contributed by atoms with Gasteiger partial charge < -0.3 is 18.9 Å². The summed E-state index contributed by atoms with van der Waals surface area (Å²) in [6.07, 6.45) is 1.65. The van der Waals surface area contributed by atoms with Crippen LogP contribution in [-0.4, -0.2) is 52.9 Å². The molecular weight excluding hydrogens is 848 g/mol. The fourth-order valence-corrected chi connectivity index (χ4v) is 10.1. The van der Waals surface area contributed by atoms with Crippen LogP contribution in [0.1, 0.15) is 113 Å². The Hall–Kier alpha value is -3.10. The van der Waals surface area contributed by atoms with Gasteiger partial charge in [-0.05, 0) is 141 Å². The van der Waals surface area contributed by atoms with Crippen LogP contribution in [0.15, 0.2) is 106 Å². The molecule has 0 aromatic heterocycles. The SMILES string of the molecule is CCOCCOCCC1(CCOCCOCC)c2cc(Br)ccc2-c2cc3c(cc21)-c1ccc(Br)cc1C3(c1ccc(C(C)(C)C)cc1)c1ccc(C(C)(C)C)cc1. The third kappa shape index (κ3) is 8.07. The van der Waals surface area contributed by atoms with Gasteiger partial charge in [0.1, 0.15) is 0 Å². The van der Waals surface area contributed by atoms with Gasteiger partial charge in [-0.25, -0.2) is 0 Å². The summed E-state index contributed by atoms with van der Waals surface area (Å²) in [5, 5.41) is 0. The van der Waals surface area contributed by atoms with Gasteiger partial charge in [-0.2, -0.15) is 0 Å². The minimum absolute atomic E-state index is 0.0379. The van der Waals surface area contributed by atoms with Crippen LogP contribution in [0.3, 0.4) is 0 Å². The van der Waals surface area contributed by atoms with Crippen molar-refractivity contribution < 1.29 is 18.9 Å². The Morgan fingerprint density at radius 3 is 1.28 bits per heavy atom. The summed E-state index contributed by atoms with van der Waals surface area (Å²) in [5.41, 5.74) is 14.8. The van der Waals surface area contributed by atoms with Crippen LogP contribution in [0.25, 0.3) is 22.3 Å². The molecule has 6 heteroatoms. The summed E-state index contributed by atoms with van der Waals surface area (Å²) in [5.74, 6) is 0. The molecular formula is C52H60Br2O4. The first-order valence-electron chi connectivity index (χ1n) is 21.1. The zero-order valence-corrected chi connectivity index (χ0v) is 38.9. The maximum absolute atomic E-state index is 6.32. The van der Waals surface area contributed by atoms with E-state index in [0.29, 0.717) is 52.9 Å². The fraction of sp³-hybridized carbons (Fsp3) is 0.423. The largest absolute Gasteiger partial charge is 0.379 e. The van der Waals surface area contributed by atoms with Gasteiger partial charge in [0, 0.05) is 40.8 Å². The first-order valence-corrected chi connectivity index (χ1v) is 22.7. The lowest BCUT2D eigenvalue weighted by Gasteiger charge is -2.36. The number of hydrogen-bond acceptors (Lipinski definition) is 4. The molecule has 0 unspecified atom stereocenters. The molecule has 0 saturated heterocycles. The number of hydrogen-bond donors (Lipinski definition) is 0. The van der Waals surface area contributed by atoms with Crippen LogP contribution in [-0.2, 0) is 40.6 Å². The number of ether oxygens (including phenoxy) is 4. The van der Waals surface area contributed by atoms with Crippen LogP contribution in [0.5, 0.6) is 0 Å². The molecule has 0 radical (unpaired) electrons. The van der Waals surface area contributed by atoms with E-state index in [-0.39, 0.29) is 16.2 Å². The Kier molecular flexibility index (Phi) is 13.0. The predicted molar refractivity (Wildman–Crippen MR) is 247 cm³/mol. The van der Waals surface area contributed by atoms with Crippen LogP contribution in [0, 0.1) is 0 Å². The Bertz CT molecular complexity index is 2140. The van der Waals surface area contributed by atoms with Gasteiger partial charge in [0.25, 0.3) is 0 Å². The third-order valence-corrected chi connectivity index (χ3v) is 13.4. The zero-order chi connectivity index (χ0) is 41.3. The Morgan fingerprint density at radius 2 is 0.810 bits per heavy atom. The van der Waals surface area contributed by atoms with E-state index in [1.807, 2.05) is 13.8 Å². The average molecular weight is 909 g/mol. The molecule has 0 atom stereocenters. The Balaban J connectivity index is 1.48. The first-order chi connectivity index (χ1) is 27.8. The average Bonchev–Trinajstić information content (AvgIpc) is 3.62. The van der Waals surface area contributed by atoms with Crippen LogP contribution in [0.4, 0.5) is 0 Å².